The fourth-order valence-electron chi connectivity index (χ4n) is 2.52. The van der Waals surface area contributed by atoms with Crippen LogP contribution in [0.25, 0.3) is 10.9 Å². The number of rotatable bonds is 6. The molecule has 23 heavy (non-hydrogen) atoms. The zero-order valence-corrected chi connectivity index (χ0v) is 13.6. The van der Waals surface area contributed by atoms with Gasteiger partial charge in [0.2, 0.25) is 0 Å². The zero-order chi connectivity index (χ0) is 16.2. The Morgan fingerprint density at radius 2 is 2.22 bits per heavy atom. The van der Waals surface area contributed by atoms with Gasteiger partial charge in [-0.15, -0.1) is 0 Å². The summed E-state index contributed by atoms with van der Waals surface area (Å²) >= 11 is 1.43. The fraction of sp³-hybridized carbons (Fsp3) is 0.235. The van der Waals surface area contributed by atoms with Crippen LogP contribution in [0.5, 0.6) is 0 Å². The van der Waals surface area contributed by atoms with E-state index in [0.29, 0.717) is 24.3 Å². The third-order valence-corrected chi connectivity index (χ3v) is 4.72. The predicted molar refractivity (Wildman–Crippen MR) is 90.4 cm³/mol. The number of carbonyl (C=O) groups excluding carboxylic acids is 1. The maximum Gasteiger partial charge on any atom is 0.175 e. The summed E-state index contributed by atoms with van der Waals surface area (Å²) in [6.45, 7) is 0.594. The third-order valence-electron chi connectivity index (χ3n) is 3.66. The average Bonchev–Trinajstić information content (AvgIpc) is 3.14. The normalized spacial score (nSPS) is 10.8. The van der Waals surface area contributed by atoms with Crippen LogP contribution in [0.3, 0.4) is 0 Å². The van der Waals surface area contributed by atoms with Crippen molar-refractivity contribution in [3.63, 3.8) is 0 Å². The molecule has 2 aromatic heterocycles. The highest BCUT2D eigenvalue weighted by Crippen LogP contribution is 2.24. The summed E-state index contributed by atoms with van der Waals surface area (Å²) in [5.74, 6) is 0.418. The minimum atomic E-state index is 0.0740. The highest BCUT2D eigenvalue weighted by atomic mass is 32.2. The zero-order valence-electron chi connectivity index (χ0n) is 12.8. The van der Waals surface area contributed by atoms with Gasteiger partial charge in [0.05, 0.1) is 18.2 Å². The van der Waals surface area contributed by atoms with E-state index in [0.717, 1.165) is 16.1 Å². The van der Waals surface area contributed by atoms with Gasteiger partial charge in [-0.05, 0) is 6.07 Å². The molecule has 0 aliphatic heterocycles. The standard InChI is InChI=1S/C17H16N4OS/c1-20-10-8-19-17(20)23-12-16(22)14-11-21(9-4-7-18)15-6-3-2-5-13(14)15/h2-3,5-6,8,10-11H,4,9,12H2,1H3. The quantitative estimate of drug-likeness (QED) is 0.516. The lowest BCUT2D eigenvalue weighted by Gasteiger charge is -2.00. The van der Waals surface area contributed by atoms with E-state index >= 15 is 0 Å². The van der Waals surface area contributed by atoms with E-state index in [1.807, 2.05) is 52.8 Å². The maximum atomic E-state index is 12.6. The molecule has 0 saturated heterocycles. The molecule has 3 aromatic rings. The Kier molecular flexibility index (Phi) is 4.49. The lowest BCUT2D eigenvalue weighted by Crippen LogP contribution is -2.03. The lowest BCUT2D eigenvalue weighted by molar-refractivity contribution is 0.102. The Morgan fingerprint density at radius 3 is 2.96 bits per heavy atom. The first-order valence-electron chi connectivity index (χ1n) is 7.29. The minimum Gasteiger partial charge on any atom is -0.346 e. The fourth-order valence-corrected chi connectivity index (χ4v) is 3.34. The minimum absolute atomic E-state index is 0.0740. The molecule has 0 bridgehead atoms. The molecule has 0 amide bonds. The molecule has 0 aliphatic carbocycles. The van der Waals surface area contributed by atoms with E-state index in [1.54, 1.807) is 6.20 Å². The molecule has 6 heteroatoms. The molecular weight excluding hydrogens is 308 g/mol. The molecule has 0 fully saturated rings. The van der Waals surface area contributed by atoms with Crippen molar-refractivity contribution in [2.24, 2.45) is 7.05 Å². The number of carbonyl (C=O) groups is 1. The molecule has 0 unspecified atom stereocenters. The molecule has 0 aliphatic rings. The summed E-state index contributed by atoms with van der Waals surface area (Å²) in [7, 11) is 1.91. The Labute approximate surface area is 138 Å². The van der Waals surface area contributed by atoms with E-state index in [4.69, 9.17) is 5.26 Å². The molecule has 0 saturated carbocycles. The Bertz CT molecular complexity index is 888. The number of ketones is 1. The van der Waals surface area contributed by atoms with E-state index in [9.17, 15) is 4.79 Å². The van der Waals surface area contributed by atoms with E-state index in [-0.39, 0.29) is 5.78 Å². The molecule has 1 aromatic carbocycles. The van der Waals surface area contributed by atoms with E-state index in [2.05, 4.69) is 11.1 Å². The van der Waals surface area contributed by atoms with Gasteiger partial charge < -0.3 is 9.13 Å². The summed E-state index contributed by atoms with van der Waals surface area (Å²) in [6.07, 6.45) is 5.87. The van der Waals surface area contributed by atoms with Gasteiger partial charge in [0.15, 0.2) is 10.9 Å². The molecule has 3 rings (SSSR count). The summed E-state index contributed by atoms with van der Waals surface area (Å²) < 4.78 is 3.88. The summed E-state index contributed by atoms with van der Waals surface area (Å²) in [6, 6.07) is 9.96. The molecule has 2 heterocycles. The summed E-state index contributed by atoms with van der Waals surface area (Å²) in [4.78, 5) is 16.8. The largest absolute Gasteiger partial charge is 0.346 e. The number of aryl methyl sites for hydroxylation is 2. The molecular formula is C17H16N4OS. The molecule has 0 atom stereocenters. The second-order valence-corrected chi connectivity index (χ2v) is 6.14. The number of hydrogen-bond donors (Lipinski definition) is 0. The van der Waals surface area contributed by atoms with Crippen LogP contribution in [0.1, 0.15) is 16.8 Å². The maximum absolute atomic E-state index is 12.6. The van der Waals surface area contributed by atoms with Crippen LogP contribution in [0.2, 0.25) is 0 Å². The van der Waals surface area contributed by atoms with Crippen LogP contribution in [-0.2, 0) is 13.6 Å². The van der Waals surface area contributed by atoms with Gasteiger partial charge in [-0.2, -0.15) is 5.26 Å². The van der Waals surface area contributed by atoms with Crippen molar-refractivity contribution >= 4 is 28.4 Å². The van der Waals surface area contributed by atoms with Gasteiger partial charge in [-0.1, -0.05) is 30.0 Å². The number of nitriles is 1. The first kappa shape index (κ1) is 15.4. The summed E-state index contributed by atoms with van der Waals surface area (Å²) in [5, 5.41) is 10.6. The number of fused-ring (bicyclic) bond motifs is 1. The molecule has 0 radical (unpaired) electrons. The summed E-state index contributed by atoms with van der Waals surface area (Å²) in [5.41, 5.74) is 1.70. The molecule has 116 valence electrons. The third kappa shape index (κ3) is 3.15. The van der Waals surface area contributed by atoms with Gasteiger partial charge in [-0.25, -0.2) is 4.98 Å². The highest BCUT2D eigenvalue weighted by Gasteiger charge is 2.15. The van der Waals surface area contributed by atoms with Gasteiger partial charge in [0, 0.05) is 48.6 Å². The second kappa shape index (κ2) is 6.71. The van der Waals surface area contributed by atoms with E-state index < -0.39 is 0 Å². The van der Waals surface area contributed by atoms with Gasteiger partial charge in [0.1, 0.15) is 0 Å². The average molecular weight is 324 g/mol. The number of para-hydroxylation sites is 1. The second-order valence-electron chi connectivity index (χ2n) is 5.19. The van der Waals surface area contributed by atoms with Crippen LogP contribution in [0, 0.1) is 11.3 Å². The van der Waals surface area contributed by atoms with Crippen molar-refractivity contribution in [2.75, 3.05) is 5.75 Å². The number of thioether (sulfide) groups is 1. The van der Waals surface area contributed by atoms with Crippen molar-refractivity contribution in [3.05, 3.63) is 48.4 Å². The number of nitrogens with zero attached hydrogens (tertiary/aromatic N) is 4. The first-order chi connectivity index (χ1) is 11.2. The van der Waals surface area contributed by atoms with Gasteiger partial charge >= 0.3 is 0 Å². The molecule has 5 nitrogen and oxygen atoms in total. The van der Waals surface area contributed by atoms with Crippen LogP contribution in [0.15, 0.2) is 48.0 Å². The Morgan fingerprint density at radius 1 is 1.39 bits per heavy atom. The molecule has 0 N–H and O–H groups in total. The van der Waals surface area contributed by atoms with Crippen LogP contribution < -0.4 is 0 Å². The van der Waals surface area contributed by atoms with E-state index in [1.165, 1.54) is 11.8 Å². The van der Waals surface area contributed by atoms with Crippen LogP contribution >= 0.6 is 11.8 Å². The monoisotopic (exact) mass is 324 g/mol. The number of aromatic nitrogens is 3. The number of imidazole rings is 1. The van der Waals surface area contributed by atoms with Crippen molar-refractivity contribution in [2.45, 2.75) is 18.1 Å². The lowest BCUT2D eigenvalue weighted by atomic mass is 10.1. The highest BCUT2D eigenvalue weighted by molar-refractivity contribution is 7.99. The topological polar surface area (TPSA) is 63.6 Å². The van der Waals surface area contributed by atoms with Crippen molar-refractivity contribution < 1.29 is 4.79 Å². The Balaban J connectivity index is 1.85. The predicted octanol–water partition coefficient (Wildman–Crippen LogP) is 3.26. The van der Waals surface area contributed by atoms with Gasteiger partial charge in [-0.3, -0.25) is 4.79 Å². The Hall–Kier alpha value is -2.52. The number of Topliss-reactive ketones (excluding diaryl/α,β-unsaturated/α-hetero) is 1. The molecule has 0 spiro atoms. The van der Waals surface area contributed by atoms with Crippen molar-refractivity contribution in [3.8, 4) is 6.07 Å². The smallest absolute Gasteiger partial charge is 0.175 e. The van der Waals surface area contributed by atoms with Crippen LogP contribution in [0.4, 0.5) is 0 Å². The first-order valence-corrected chi connectivity index (χ1v) is 8.27. The van der Waals surface area contributed by atoms with Crippen molar-refractivity contribution in [1.29, 1.82) is 5.26 Å². The number of hydrogen-bond acceptors (Lipinski definition) is 4. The SMILES string of the molecule is Cn1ccnc1SCC(=O)c1cn(CCC#N)c2ccccc12. The van der Waals surface area contributed by atoms with Crippen molar-refractivity contribution in [1.82, 2.24) is 14.1 Å². The van der Waals surface area contributed by atoms with Gasteiger partial charge in [0.25, 0.3) is 0 Å². The van der Waals surface area contributed by atoms with Crippen LogP contribution in [-0.4, -0.2) is 25.7 Å². The number of benzene rings is 1.